The lowest BCUT2D eigenvalue weighted by molar-refractivity contribution is -0.192. The molecule has 1 aromatic carbocycles. The van der Waals surface area contributed by atoms with Crippen LogP contribution in [0, 0.1) is 5.92 Å². The molecule has 1 aliphatic rings. The van der Waals surface area contributed by atoms with Gasteiger partial charge in [0.05, 0.1) is 11.6 Å². The number of benzene rings is 1. The Hall–Kier alpha value is -1.51. The van der Waals surface area contributed by atoms with E-state index in [1.165, 1.54) is 6.42 Å². The van der Waals surface area contributed by atoms with Gasteiger partial charge in [-0.1, -0.05) is 23.7 Å². The predicted molar refractivity (Wildman–Crippen MR) is 87.1 cm³/mol. The SMILES string of the molecule is COCC1CCN(CCOc2ccccc2Cl)C1.O=C(O)C(F)(F)F. The Bertz CT molecular complexity index is 542. The maximum absolute atomic E-state index is 10.6. The maximum Gasteiger partial charge on any atom is 0.490 e. The fraction of sp³-hybridized carbons (Fsp3) is 0.562. The van der Waals surface area contributed by atoms with Gasteiger partial charge in [0.2, 0.25) is 0 Å². The van der Waals surface area contributed by atoms with Crippen molar-refractivity contribution in [2.75, 3.05) is 40.0 Å². The van der Waals surface area contributed by atoms with E-state index in [4.69, 9.17) is 31.0 Å². The number of alkyl halides is 3. The van der Waals surface area contributed by atoms with Crippen LogP contribution in [0.15, 0.2) is 24.3 Å². The van der Waals surface area contributed by atoms with Crippen LogP contribution in [-0.2, 0) is 9.53 Å². The zero-order valence-corrected chi connectivity index (χ0v) is 14.5. The zero-order valence-electron chi connectivity index (χ0n) is 13.8. The van der Waals surface area contributed by atoms with Crippen LogP contribution in [0.3, 0.4) is 0 Å². The first-order chi connectivity index (χ1) is 11.7. The van der Waals surface area contributed by atoms with E-state index in [1.54, 1.807) is 7.11 Å². The lowest BCUT2D eigenvalue weighted by atomic mass is 10.1. The highest BCUT2D eigenvalue weighted by atomic mass is 35.5. The van der Waals surface area contributed by atoms with E-state index in [0.29, 0.717) is 17.5 Å². The van der Waals surface area contributed by atoms with Crippen LogP contribution in [0.25, 0.3) is 0 Å². The third kappa shape index (κ3) is 8.42. The van der Waals surface area contributed by atoms with Crippen LogP contribution >= 0.6 is 11.6 Å². The predicted octanol–water partition coefficient (Wildman–Crippen LogP) is 3.32. The van der Waals surface area contributed by atoms with Crippen LogP contribution in [-0.4, -0.2) is 62.1 Å². The van der Waals surface area contributed by atoms with Gasteiger partial charge < -0.3 is 14.6 Å². The first kappa shape index (κ1) is 21.5. The van der Waals surface area contributed by atoms with Crippen molar-refractivity contribution in [2.45, 2.75) is 12.6 Å². The molecule has 0 amide bonds. The van der Waals surface area contributed by atoms with Gasteiger partial charge in [-0.3, -0.25) is 4.90 Å². The second-order valence-corrected chi connectivity index (χ2v) is 5.90. The van der Waals surface area contributed by atoms with E-state index in [2.05, 4.69) is 4.90 Å². The van der Waals surface area contributed by atoms with Crippen LogP contribution in [0.5, 0.6) is 5.75 Å². The summed E-state index contributed by atoms with van der Waals surface area (Å²) < 4.78 is 42.6. The average Bonchev–Trinajstić information content (AvgIpc) is 2.97. The van der Waals surface area contributed by atoms with Crippen molar-refractivity contribution in [3.8, 4) is 5.75 Å². The first-order valence-electron chi connectivity index (χ1n) is 7.62. The maximum atomic E-state index is 10.6. The number of ether oxygens (including phenoxy) is 2. The minimum absolute atomic E-state index is 0.676. The quantitative estimate of drug-likeness (QED) is 0.816. The summed E-state index contributed by atoms with van der Waals surface area (Å²) >= 11 is 6.03. The number of methoxy groups -OCH3 is 1. The smallest absolute Gasteiger partial charge is 0.490 e. The molecule has 1 saturated heterocycles. The molecule has 1 N–H and O–H groups in total. The lowest BCUT2D eigenvalue weighted by Gasteiger charge is -2.16. The number of likely N-dealkylation sites (tertiary alicyclic amines) is 1. The van der Waals surface area contributed by atoms with Crippen molar-refractivity contribution >= 4 is 17.6 Å². The summed E-state index contributed by atoms with van der Waals surface area (Å²) in [6, 6.07) is 7.60. The van der Waals surface area contributed by atoms with E-state index < -0.39 is 12.1 Å². The molecule has 0 radical (unpaired) electrons. The average molecular weight is 384 g/mol. The summed E-state index contributed by atoms with van der Waals surface area (Å²) in [4.78, 5) is 11.3. The number of para-hydroxylation sites is 1. The van der Waals surface area contributed by atoms with Gasteiger partial charge in [-0.05, 0) is 31.0 Å². The summed E-state index contributed by atoms with van der Waals surface area (Å²) in [5.41, 5.74) is 0. The molecule has 1 fully saturated rings. The third-order valence-electron chi connectivity index (χ3n) is 3.52. The van der Waals surface area contributed by atoms with Gasteiger partial charge in [0.25, 0.3) is 0 Å². The van der Waals surface area contributed by atoms with Gasteiger partial charge in [0, 0.05) is 20.2 Å². The van der Waals surface area contributed by atoms with Gasteiger partial charge >= 0.3 is 12.1 Å². The molecule has 1 aliphatic heterocycles. The Kier molecular flexibility index (Phi) is 9.02. The van der Waals surface area contributed by atoms with E-state index in [0.717, 1.165) is 32.0 Å². The highest BCUT2D eigenvalue weighted by Gasteiger charge is 2.38. The van der Waals surface area contributed by atoms with Gasteiger partial charge in [-0.15, -0.1) is 0 Å². The van der Waals surface area contributed by atoms with Crippen LogP contribution < -0.4 is 4.74 Å². The molecule has 1 atom stereocenters. The molecular weight excluding hydrogens is 363 g/mol. The highest BCUT2D eigenvalue weighted by Crippen LogP contribution is 2.23. The minimum Gasteiger partial charge on any atom is -0.491 e. The number of carboxylic acids is 1. The van der Waals surface area contributed by atoms with Gasteiger partial charge in [0.1, 0.15) is 12.4 Å². The molecule has 0 saturated carbocycles. The molecule has 142 valence electrons. The second-order valence-electron chi connectivity index (χ2n) is 5.49. The normalized spacial score (nSPS) is 17.7. The van der Waals surface area contributed by atoms with E-state index in [9.17, 15) is 13.2 Å². The highest BCUT2D eigenvalue weighted by molar-refractivity contribution is 6.32. The van der Waals surface area contributed by atoms with E-state index in [1.807, 2.05) is 24.3 Å². The molecule has 25 heavy (non-hydrogen) atoms. The summed E-state index contributed by atoms with van der Waals surface area (Å²) in [6.45, 7) is 4.75. The Morgan fingerprint density at radius 2 is 2.04 bits per heavy atom. The third-order valence-corrected chi connectivity index (χ3v) is 3.83. The zero-order chi connectivity index (χ0) is 18.9. The van der Waals surface area contributed by atoms with Crippen LogP contribution in [0.2, 0.25) is 5.02 Å². The molecule has 9 heteroatoms. The second kappa shape index (κ2) is 10.5. The Balaban J connectivity index is 0.000000381. The Morgan fingerprint density at radius 1 is 1.40 bits per heavy atom. The molecule has 0 spiro atoms. The number of carboxylic acid groups (broad SMARTS) is 1. The van der Waals surface area contributed by atoms with Crippen LogP contribution in [0.1, 0.15) is 6.42 Å². The monoisotopic (exact) mass is 383 g/mol. The molecule has 0 aromatic heterocycles. The summed E-state index contributed by atoms with van der Waals surface area (Å²) in [5, 5.41) is 7.80. The Labute approximate surface area is 149 Å². The molecule has 2 rings (SSSR count). The molecule has 1 unspecified atom stereocenters. The minimum atomic E-state index is -5.08. The largest absolute Gasteiger partial charge is 0.491 e. The van der Waals surface area contributed by atoms with E-state index >= 15 is 0 Å². The molecule has 1 aromatic rings. The number of hydrogen-bond donors (Lipinski definition) is 1. The molecular formula is C16H21ClF3NO4. The molecule has 1 heterocycles. The summed E-state index contributed by atoms with van der Waals surface area (Å²) in [6.07, 6.45) is -3.86. The van der Waals surface area contributed by atoms with Crippen LogP contribution in [0.4, 0.5) is 13.2 Å². The van der Waals surface area contributed by atoms with Crippen molar-refractivity contribution in [1.82, 2.24) is 4.90 Å². The number of carbonyl (C=O) groups is 1. The number of halogens is 4. The topological polar surface area (TPSA) is 59.0 Å². The number of nitrogens with zero attached hydrogens (tertiary/aromatic N) is 1. The van der Waals surface area contributed by atoms with Gasteiger partial charge in [-0.2, -0.15) is 13.2 Å². The van der Waals surface area contributed by atoms with Crippen molar-refractivity contribution in [2.24, 2.45) is 5.92 Å². The van der Waals surface area contributed by atoms with Crippen molar-refractivity contribution in [3.05, 3.63) is 29.3 Å². The fourth-order valence-electron chi connectivity index (χ4n) is 2.33. The molecule has 5 nitrogen and oxygen atoms in total. The van der Waals surface area contributed by atoms with Crippen molar-refractivity contribution < 1.29 is 32.5 Å². The van der Waals surface area contributed by atoms with Gasteiger partial charge in [0.15, 0.2) is 0 Å². The number of hydrogen-bond acceptors (Lipinski definition) is 4. The number of aliphatic carboxylic acids is 1. The standard InChI is InChI=1S/C14H20ClNO2.C2HF3O2/c1-17-11-12-6-7-16(10-12)8-9-18-14-5-3-2-4-13(14)15;3-2(4,5)1(6)7/h2-5,12H,6-11H2,1H3;(H,6,7). The summed E-state index contributed by atoms with van der Waals surface area (Å²) in [7, 11) is 1.77. The van der Waals surface area contributed by atoms with Crippen molar-refractivity contribution in [1.29, 1.82) is 0 Å². The Morgan fingerprint density at radius 3 is 2.60 bits per heavy atom. The lowest BCUT2D eigenvalue weighted by Crippen LogP contribution is -2.26. The number of rotatable bonds is 6. The van der Waals surface area contributed by atoms with Crippen molar-refractivity contribution in [3.63, 3.8) is 0 Å². The van der Waals surface area contributed by atoms with E-state index in [-0.39, 0.29) is 0 Å². The van der Waals surface area contributed by atoms with Gasteiger partial charge in [-0.25, -0.2) is 4.79 Å². The first-order valence-corrected chi connectivity index (χ1v) is 8.00. The molecule has 0 aliphatic carbocycles. The molecule has 0 bridgehead atoms. The fourth-order valence-corrected chi connectivity index (χ4v) is 2.52. The summed E-state index contributed by atoms with van der Waals surface area (Å²) in [5.74, 6) is -1.31.